The Morgan fingerprint density at radius 2 is 1.69 bits per heavy atom. The number of aromatic nitrogens is 1. The van der Waals surface area contributed by atoms with Crippen molar-refractivity contribution in [1.29, 1.82) is 0 Å². The van der Waals surface area contributed by atoms with Gasteiger partial charge in [-0.1, -0.05) is 84.0 Å². The summed E-state index contributed by atoms with van der Waals surface area (Å²) in [7, 11) is 0. The molecule has 3 aromatic rings. The summed E-state index contributed by atoms with van der Waals surface area (Å²) in [6, 6.07) is 23.8. The highest BCUT2D eigenvalue weighted by molar-refractivity contribution is 7.99. The molecule has 3 rings (SSSR count). The molecule has 0 saturated heterocycles. The van der Waals surface area contributed by atoms with E-state index < -0.39 is 0 Å². The molecule has 0 aliphatic carbocycles. The van der Waals surface area contributed by atoms with Crippen molar-refractivity contribution < 1.29 is 4.79 Å². The van der Waals surface area contributed by atoms with Crippen molar-refractivity contribution >= 4 is 29.3 Å². The topological polar surface area (TPSA) is 42.0 Å². The summed E-state index contributed by atoms with van der Waals surface area (Å²) in [5, 5.41) is 4.52. The highest BCUT2D eigenvalue weighted by atomic mass is 35.5. The SMILES string of the molecule is O=C(CSc1ccc(Cl)cn1)NC(Cc1ccccc1)c1ccccc1. The molecule has 0 radical (unpaired) electrons. The summed E-state index contributed by atoms with van der Waals surface area (Å²) >= 11 is 7.24. The molecule has 0 fully saturated rings. The van der Waals surface area contributed by atoms with Crippen LogP contribution in [0.2, 0.25) is 5.02 Å². The molecule has 132 valence electrons. The predicted octanol–water partition coefficient (Wildman–Crippen LogP) is 4.93. The Hall–Kier alpha value is -2.30. The molecule has 0 aliphatic rings. The lowest BCUT2D eigenvalue weighted by atomic mass is 9.99. The number of rotatable bonds is 7. The molecule has 0 aliphatic heterocycles. The van der Waals surface area contributed by atoms with E-state index in [0.717, 1.165) is 17.0 Å². The molecular weight excluding hydrogens is 364 g/mol. The van der Waals surface area contributed by atoms with E-state index in [2.05, 4.69) is 22.4 Å². The Morgan fingerprint density at radius 3 is 2.35 bits per heavy atom. The molecule has 0 bridgehead atoms. The summed E-state index contributed by atoms with van der Waals surface area (Å²) in [6.45, 7) is 0. The van der Waals surface area contributed by atoms with Gasteiger partial charge in [-0.2, -0.15) is 0 Å². The molecule has 2 aromatic carbocycles. The standard InChI is InChI=1S/C21H19ClN2OS/c22-18-11-12-21(23-14-18)26-15-20(25)24-19(17-9-5-2-6-10-17)13-16-7-3-1-4-8-16/h1-12,14,19H,13,15H2,(H,24,25). The maximum absolute atomic E-state index is 12.5. The van der Waals surface area contributed by atoms with Gasteiger partial charge in [0, 0.05) is 6.20 Å². The number of carbonyl (C=O) groups excluding carboxylic acids is 1. The second-order valence-electron chi connectivity index (χ2n) is 5.82. The quantitative estimate of drug-likeness (QED) is 0.589. The zero-order chi connectivity index (χ0) is 18.2. The van der Waals surface area contributed by atoms with Crippen LogP contribution in [0.3, 0.4) is 0 Å². The Balaban J connectivity index is 1.64. The third kappa shape index (κ3) is 5.61. The Kier molecular flexibility index (Phi) is 6.69. The lowest BCUT2D eigenvalue weighted by Gasteiger charge is -2.19. The third-order valence-corrected chi connectivity index (χ3v) is 5.04. The van der Waals surface area contributed by atoms with Crippen molar-refractivity contribution in [2.75, 3.05) is 5.75 Å². The summed E-state index contributed by atoms with van der Waals surface area (Å²) in [5.41, 5.74) is 2.29. The number of halogens is 1. The molecule has 5 heteroatoms. The number of amides is 1. The predicted molar refractivity (Wildman–Crippen MR) is 107 cm³/mol. The summed E-state index contributed by atoms with van der Waals surface area (Å²) in [5.74, 6) is 0.295. The minimum atomic E-state index is -0.0649. The Morgan fingerprint density at radius 1 is 1.00 bits per heavy atom. The van der Waals surface area contributed by atoms with Crippen LogP contribution in [0.1, 0.15) is 17.2 Å². The number of thioether (sulfide) groups is 1. The number of hydrogen-bond acceptors (Lipinski definition) is 3. The van der Waals surface area contributed by atoms with Gasteiger partial charge in [-0.15, -0.1) is 0 Å². The van der Waals surface area contributed by atoms with Gasteiger partial charge in [0.15, 0.2) is 0 Å². The van der Waals surface area contributed by atoms with Crippen LogP contribution < -0.4 is 5.32 Å². The van der Waals surface area contributed by atoms with Crippen molar-refractivity contribution in [2.45, 2.75) is 17.5 Å². The van der Waals surface area contributed by atoms with E-state index >= 15 is 0 Å². The van der Waals surface area contributed by atoms with Gasteiger partial charge in [0.1, 0.15) is 0 Å². The van der Waals surface area contributed by atoms with Crippen LogP contribution in [0.25, 0.3) is 0 Å². The van der Waals surface area contributed by atoms with Crippen LogP contribution in [0.4, 0.5) is 0 Å². The Labute approximate surface area is 162 Å². The second kappa shape index (κ2) is 9.41. The molecule has 1 N–H and O–H groups in total. The largest absolute Gasteiger partial charge is 0.348 e. The van der Waals surface area contributed by atoms with E-state index in [1.54, 1.807) is 12.3 Å². The molecule has 1 atom stereocenters. The number of nitrogens with one attached hydrogen (secondary N) is 1. The molecule has 0 spiro atoms. The molecule has 0 saturated carbocycles. The zero-order valence-corrected chi connectivity index (χ0v) is 15.7. The van der Waals surface area contributed by atoms with Crippen LogP contribution in [-0.2, 0) is 11.2 Å². The number of nitrogens with zero attached hydrogens (tertiary/aromatic N) is 1. The van der Waals surface area contributed by atoms with E-state index in [0.29, 0.717) is 10.8 Å². The fourth-order valence-electron chi connectivity index (χ4n) is 2.61. The van der Waals surface area contributed by atoms with Gasteiger partial charge in [0.2, 0.25) is 5.91 Å². The molecular formula is C21H19ClN2OS. The molecule has 3 nitrogen and oxygen atoms in total. The van der Waals surface area contributed by atoms with E-state index in [4.69, 9.17) is 11.6 Å². The minimum Gasteiger partial charge on any atom is -0.348 e. The van der Waals surface area contributed by atoms with E-state index in [-0.39, 0.29) is 11.9 Å². The van der Waals surface area contributed by atoms with Gasteiger partial charge in [-0.3, -0.25) is 4.79 Å². The number of pyridine rings is 1. The van der Waals surface area contributed by atoms with Gasteiger partial charge >= 0.3 is 0 Å². The van der Waals surface area contributed by atoms with E-state index in [9.17, 15) is 4.79 Å². The van der Waals surface area contributed by atoms with Crippen LogP contribution >= 0.6 is 23.4 Å². The van der Waals surface area contributed by atoms with Gasteiger partial charge in [-0.25, -0.2) is 4.98 Å². The van der Waals surface area contributed by atoms with Crippen LogP contribution in [0.15, 0.2) is 84.0 Å². The molecule has 1 heterocycles. The fourth-order valence-corrected chi connectivity index (χ4v) is 3.38. The van der Waals surface area contributed by atoms with Gasteiger partial charge in [0.05, 0.1) is 21.8 Å². The van der Waals surface area contributed by atoms with Crippen LogP contribution in [0.5, 0.6) is 0 Å². The van der Waals surface area contributed by atoms with Crippen molar-refractivity contribution in [3.05, 3.63) is 95.1 Å². The summed E-state index contributed by atoms with van der Waals surface area (Å²) in [4.78, 5) is 16.7. The van der Waals surface area contributed by atoms with E-state index in [1.165, 1.54) is 17.3 Å². The Bertz CT molecular complexity index is 826. The summed E-state index contributed by atoms with van der Waals surface area (Å²) in [6.07, 6.45) is 2.34. The molecule has 1 amide bonds. The number of carbonyl (C=O) groups is 1. The average molecular weight is 383 g/mol. The maximum atomic E-state index is 12.5. The minimum absolute atomic E-state index is 0.0171. The van der Waals surface area contributed by atoms with Gasteiger partial charge < -0.3 is 5.32 Å². The third-order valence-electron chi connectivity index (χ3n) is 3.87. The first kappa shape index (κ1) is 18.5. The van der Waals surface area contributed by atoms with Gasteiger partial charge in [-0.05, 0) is 29.7 Å². The first-order valence-corrected chi connectivity index (χ1v) is 9.69. The zero-order valence-electron chi connectivity index (χ0n) is 14.1. The molecule has 26 heavy (non-hydrogen) atoms. The van der Waals surface area contributed by atoms with Crippen LogP contribution in [-0.4, -0.2) is 16.6 Å². The maximum Gasteiger partial charge on any atom is 0.230 e. The van der Waals surface area contributed by atoms with Gasteiger partial charge in [0.25, 0.3) is 0 Å². The lowest BCUT2D eigenvalue weighted by molar-refractivity contribution is -0.119. The van der Waals surface area contributed by atoms with Crippen molar-refractivity contribution in [3.63, 3.8) is 0 Å². The number of hydrogen-bond donors (Lipinski definition) is 1. The normalized spacial score (nSPS) is 11.7. The van der Waals surface area contributed by atoms with Crippen molar-refractivity contribution in [1.82, 2.24) is 10.3 Å². The van der Waals surface area contributed by atoms with Crippen molar-refractivity contribution in [2.24, 2.45) is 0 Å². The first-order chi connectivity index (χ1) is 12.7. The molecule has 1 aromatic heterocycles. The highest BCUT2D eigenvalue weighted by Gasteiger charge is 2.15. The first-order valence-electron chi connectivity index (χ1n) is 8.33. The highest BCUT2D eigenvalue weighted by Crippen LogP contribution is 2.20. The summed E-state index contributed by atoms with van der Waals surface area (Å²) < 4.78 is 0. The average Bonchev–Trinajstić information content (AvgIpc) is 2.68. The smallest absolute Gasteiger partial charge is 0.230 e. The van der Waals surface area contributed by atoms with Crippen LogP contribution in [0, 0.1) is 0 Å². The fraction of sp³-hybridized carbons (Fsp3) is 0.143. The van der Waals surface area contributed by atoms with Crippen molar-refractivity contribution in [3.8, 4) is 0 Å². The second-order valence-corrected chi connectivity index (χ2v) is 7.26. The molecule has 1 unspecified atom stereocenters. The number of benzene rings is 2. The monoisotopic (exact) mass is 382 g/mol. The lowest BCUT2D eigenvalue weighted by Crippen LogP contribution is -2.31. The van der Waals surface area contributed by atoms with E-state index in [1.807, 2.05) is 54.6 Å².